The van der Waals surface area contributed by atoms with Gasteiger partial charge in [0.1, 0.15) is 0 Å². The van der Waals surface area contributed by atoms with Crippen LogP contribution >= 0.6 is 15.9 Å². The number of fused-ring (bicyclic) bond motifs is 6. The summed E-state index contributed by atoms with van der Waals surface area (Å²) in [6.07, 6.45) is 9.00. The molecule has 7 rings (SSSR count). The van der Waals surface area contributed by atoms with Crippen LogP contribution in [0.1, 0.15) is 11.5 Å². The Morgan fingerprint density at radius 1 is 0.636 bits per heavy atom. The molecule has 0 radical (unpaired) electrons. The number of allylic oxidation sites excluding steroid dienone is 2. The van der Waals surface area contributed by atoms with Crippen molar-refractivity contribution in [2.24, 2.45) is 0 Å². The number of rotatable bonds is 2. The van der Waals surface area contributed by atoms with E-state index in [-0.39, 0.29) is 6.04 Å². The Balaban J connectivity index is 1.48. The van der Waals surface area contributed by atoms with Gasteiger partial charge in [0.15, 0.2) is 0 Å². The molecule has 4 aromatic carbocycles. The van der Waals surface area contributed by atoms with Gasteiger partial charge in [0.2, 0.25) is 0 Å². The van der Waals surface area contributed by atoms with Crippen molar-refractivity contribution in [3.63, 3.8) is 0 Å². The number of benzene rings is 4. The van der Waals surface area contributed by atoms with Gasteiger partial charge in [-0.2, -0.15) is 0 Å². The predicted molar refractivity (Wildman–Crippen MR) is 142 cm³/mol. The molecule has 0 spiro atoms. The summed E-state index contributed by atoms with van der Waals surface area (Å²) in [4.78, 5) is 2.49. The average molecular weight is 489 g/mol. The van der Waals surface area contributed by atoms with E-state index in [9.17, 15) is 0 Å². The highest BCUT2D eigenvalue weighted by atomic mass is 79.9. The summed E-state index contributed by atoms with van der Waals surface area (Å²) in [5, 5.41) is 2.56. The molecule has 0 bridgehead atoms. The van der Waals surface area contributed by atoms with Gasteiger partial charge < -0.3 is 9.47 Å². The maximum absolute atomic E-state index is 3.83. The van der Waals surface area contributed by atoms with Crippen molar-refractivity contribution in [2.45, 2.75) is 12.0 Å². The third-order valence-corrected chi connectivity index (χ3v) is 7.40. The average Bonchev–Trinajstić information content (AvgIpc) is 3.37. The predicted octanol–water partition coefficient (Wildman–Crippen LogP) is 8.28. The van der Waals surface area contributed by atoms with Crippen molar-refractivity contribution < 1.29 is 0 Å². The van der Waals surface area contributed by atoms with Crippen molar-refractivity contribution in [2.75, 3.05) is 4.90 Å². The maximum Gasteiger partial charge on any atom is 0.0629 e. The van der Waals surface area contributed by atoms with Crippen LogP contribution in [0, 0.1) is 0 Å². The Kier molecular flexibility index (Phi) is 4.15. The summed E-state index contributed by atoms with van der Waals surface area (Å²) in [6.45, 7) is 0. The number of aromatic nitrogens is 1. The summed E-state index contributed by atoms with van der Waals surface area (Å²) in [5.74, 6) is 0.377. The quantitative estimate of drug-likeness (QED) is 0.242. The number of halogens is 1. The van der Waals surface area contributed by atoms with Gasteiger partial charge in [-0.15, -0.1) is 0 Å². The van der Waals surface area contributed by atoms with Crippen molar-refractivity contribution >= 4 is 49.1 Å². The molecule has 1 aliphatic heterocycles. The molecule has 2 nitrogen and oxygen atoms in total. The molecule has 0 saturated carbocycles. The van der Waals surface area contributed by atoms with Gasteiger partial charge in [0, 0.05) is 38.2 Å². The number of nitrogens with zero attached hydrogens (tertiary/aromatic N) is 2. The topological polar surface area (TPSA) is 8.17 Å². The molecule has 158 valence electrons. The van der Waals surface area contributed by atoms with E-state index in [0.29, 0.717) is 5.92 Å². The number of anilines is 2. The van der Waals surface area contributed by atoms with Gasteiger partial charge in [0.05, 0.1) is 17.1 Å². The Hall–Kier alpha value is -3.56. The van der Waals surface area contributed by atoms with Crippen LogP contribution in [-0.2, 0) is 0 Å². The van der Waals surface area contributed by atoms with E-state index in [0.717, 1.165) is 10.2 Å². The molecule has 3 heteroatoms. The molecule has 5 aromatic rings. The molecule has 0 N–H and O–H groups in total. The van der Waals surface area contributed by atoms with Gasteiger partial charge in [-0.1, -0.05) is 94.8 Å². The van der Waals surface area contributed by atoms with Gasteiger partial charge in [0.25, 0.3) is 0 Å². The zero-order chi connectivity index (χ0) is 21.9. The van der Waals surface area contributed by atoms with E-state index in [2.05, 4.69) is 141 Å². The molecule has 2 unspecified atom stereocenters. The number of hydrogen-bond donors (Lipinski definition) is 0. The first-order chi connectivity index (χ1) is 16.3. The lowest BCUT2D eigenvalue weighted by Crippen LogP contribution is -2.28. The van der Waals surface area contributed by atoms with E-state index < -0.39 is 0 Å². The highest BCUT2D eigenvalue weighted by molar-refractivity contribution is 9.10. The van der Waals surface area contributed by atoms with Gasteiger partial charge in [-0.05, 0) is 42.0 Å². The standard InChI is InChI=1S/C30H21BrN2/c31-20-17-21(32-27-13-5-1-9-23(27)24-10-2-6-14-28(24)32)19-22(18-20)33-29-15-7-3-11-25(29)26-12-4-8-16-30(26)33/h1-19,23,27H. The molecule has 2 aliphatic rings. The minimum Gasteiger partial charge on any atom is -0.333 e. The lowest BCUT2D eigenvalue weighted by atomic mass is 9.91. The normalized spacial score (nSPS) is 18.8. The fourth-order valence-corrected chi connectivity index (χ4v) is 6.09. The summed E-state index contributed by atoms with van der Waals surface area (Å²) >= 11 is 3.83. The smallest absolute Gasteiger partial charge is 0.0629 e. The minimum absolute atomic E-state index is 0.285. The zero-order valence-corrected chi connectivity index (χ0v) is 19.5. The lowest BCUT2D eigenvalue weighted by Gasteiger charge is -2.29. The van der Waals surface area contributed by atoms with E-state index in [1.807, 2.05) is 0 Å². The molecule has 1 aliphatic carbocycles. The molecule has 1 aromatic heterocycles. The van der Waals surface area contributed by atoms with Crippen LogP contribution in [0.25, 0.3) is 27.5 Å². The monoisotopic (exact) mass is 488 g/mol. The van der Waals surface area contributed by atoms with Crippen molar-refractivity contribution in [3.05, 3.63) is 125 Å². The van der Waals surface area contributed by atoms with E-state index in [1.165, 1.54) is 38.7 Å². The molecule has 33 heavy (non-hydrogen) atoms. The highest BCUT2D eigenvalue weighted by Crippen LogP contribution is 2.48. The third-order valence-electron chi connectivity index (χ3n) is 6.94. The zero-order valence-electron chi connectivity index (χ0n) is 17.9. The molecule has 0 fully saturated rings. The Morgan fingerprint density at radius 2 is 1.27 bits per heavy atom. The van der Waals surface area contributed by atoms with E-state index in [4.69, 9.17) is 0 Å². The fraction of sp³-hybridized carbons (Fsp3) is 0.0667. The Bertz CT molecular complexity index is 1550. The number of para-hydroxylation sites is 3. The largest absolute Gasteiger partial charge is 0.333 e. The lowest BCUT2D eigenvalue weighted by molar-refractivity contribution is 0.744. The molecular formula is C30H21BrN2. The van der Waals surface area contributed by atoms with Crippen molar-refractivity contribution in [1.82, 2.24) is 4.57 Å². The second-order valence-corrected chi connectivity index (χ2v) is 9.67. The highest BCUT2D eigenvalue weighted by Gasteiger charge is 2.37. The second-order valence-electron chi connectivity index (χ2n) is 8.75. The SMILES string of the molecule is Brc1cc(N2c3ccccc3C3C=CC=CC32)cc(-n2c3ccccc3c3ccccc32)c1. The number of hydrogen-bond acceptors (Lipinski definition) is 1. The summed E-state index contributed by atoms with van der Waals surface area (Å²) in [7, 11) is 0. The van der Waals surface area contributed by atoms with E-state index in [1.54, 1.807) is 0 Å². The first-order valence-electron chi connectivity index (χ1n) is 11.3. The van der Waals surface area contributed by atoms with Crippen LogP contribution in [0.15, 0.2) is 120 Å². The molecule has 2 atom stereocenters. The van der Waals surface area contributed by atoms with Crippen molar-refractivity contribution in [3.8, 4) is 5.69 Å². The van der Waals surface area contributed by atoms with E-state index >= 15 is 0 Å². The van der Waals surface area contributed by atoms with Crippen LogP contribution in [0.4, 0.5) is 11.4 Å². The van der Waals surface area contributed by atoms with Crippen LogP contribution in [0.3, 0.4) is 0 Å². The van der Waals surface area contributed by atoms with Crippen LogP contribution < -0.4 is 4.90 Å². The maximum atomic E-state index is 3.83. The molecular weight excluding hydrogens is 468 g/mol. The first kappa shape index (κ1) is 19.0. The fourth-order valence-electron chi connectivity index (χ4n) is 5.62. The first-order valence-corrected chi connectivity index (χ1v) is 12.1. The summed E-state index contributed by atoms with van der Waals surface area (Å²) in [6, 6.07) is 33.2. The van der Waals surface area contributed by atoms with Crippen LogP contribution in [-0.4, -0.2) is 10.6 Å². The molecule has 0 amide bonds. The van der Waals surface area contributed by atoms with Crippen LogP contribution in [0.5, 0.6) is 0 Å². The van der Waals surface area contributed by atoms with Crippen molar-refractivity contribution in [1.29, 1.82) is 0 Å². The third kappa shape index (κ3) is 2.79. The Morgan fingerprint density at radius 3 is 2.06 bits per heavy atom. The summed E-state index contributed by atoms with van der Waals surface area (Å²) < 4.78 is 3.46. The van der Waals surface area contributed by atoms with Gasteiger partial charge in [-0.25, -0.2) is 0 Å². The van der Waals surface area contributed by atoms with Crippen LogP contribution in [0.2, 0.25) is 0 Å². The second kappa shape index (κ2) is 7.23. The Labute approximate surface area is 201 Å². The summed E-state index contributed by atoms with van der Waals surface area (Å²) in [5.41, 5.74) is 7.48. The molecule has 0 saturated heterocycles. The minimum atomic E-state index is 0.285. The van der Waals surface area contributed by atoms with Gasteiger partial charge in [-0.3, -0.25) is 0 Å². The molecule has 2 heterocycles. The van der Waals surface area contributed by atoms with Gasteiger partial charge >= 0.3 is 0 Å².